The molecule has 2 saturated heterocycles. The molecule has 14 heavy (non-hydrogen) atoms. The van der Waals surface area contributed by atoms with Crippen molar-refractivity contribution in [3.05, 3.63) is 12.7 Å². The lowest BCUT2D eigenvalue weighted by Crippen LogP contribution is -2.29. The largest absolute Gasteiger partial charge is 0.373 e. The summed E-state index contributed by atoms with van der Waals surface area (Å²) in [6.07, 6.45) is 7.17. The second-order valence-corrected chi connectivity index (χ2v) is 4.88. The van der Waals surface area contributed by atoms with Crippen molar-refractivity contribution in [1.82, 2.24) is 0 Å². The molecule has 5 unspecified atom stereocenters. The second kappa shape index (κ2) is 3.35. The number of hydrogen-bond donors (Lipinski definition) is 0. The Morgan fingerprint density at radius 2 is 1.79 bits per heavy atom. The molecule has 78 valence electrons. The van der Waals surface area contributed by atoms with Crippen LogP contribution < -0.4 is 0 Å². The highest BCUT2D eigenvalue weighted by molar-refractivity contribution is 4.98. The van der Waals surface area contributed by atoms with Crippen LogP contribution in [0.1, 0.15) is 19.3 Å². The smallest absolute Gasteiger partial charge is 0.0843 e. The first kappa shape index (κ1) is 8.93. The molecule has 0 bridgehead atoms. The summed E-state index contributed by atoms with van der Waals surface area (Å²) in [5, 5.41) is 0. The molecule has 0 aromatic rings. The molecule has 2 heterocycles. The fourth-order valence-corrected chi connectivity index (χ4v) is 2.95. The molecule has 5 atom stereocenters. The molecule has 2 heteroatoms. The summed E-state index contributed by atoms with van der Waals surface area (Å²) in [7, 11) is 0. The predicted molar refractivity (Wildman–Crippen MR) is 54.0 cm³/mol. The van der Waals surface area contributed by atoms with Crippen molar-refractivity contribution in [1.29, 1.82) is 0 Å². The SMILES string of the molecule is C=CC1CCC(C2CO2)CC1C1CO1. The monoisotopic (exact) mass is 194 g/mol. The van der Waals surface area contributed by atoms with Crippen LogP contribution in [-0.2, 0) is 9.47 Å². The van der Waals surface area contributed by atoms with Crippen LogP contribution in [0.15, 0.2) is 12.7 Å². The maximum atomic E-state index is 5.44. The summed E-state index contributed by atoms with van der Waals surface area (Å²) >= 11 is 0. The van der Waals surface area contributed by atoms with Gasteiger partial charge in [-0.25, -0.2) is 0 Å². The topological polar surface area (TPSA) is 25.1 Å². The normalized spacial score (nSPS) is 51.3. The van der Waals surface area contributed by atoms with Gasteiger partial charge >= 0.3 is 0 Å². The van der Waals surface area contributed by atoms with E-state index >= 15 is 0 Å². The zero-order chi connectivity index (χ0) is 9.54. The Hall–Kier alpha value is -0.340. The third-order valence-electron chi connectivity index (χ3n) is 4.02. The molecule has 0 spiro atoms. The fraction of sp³-hybridized carbons (Fsp3) is 0.833. The van der Waals surface area contributed by atoms with E-state index in [2.05, 4.69) is 12.7 Å². The third-order valence-corrected chi connectivity index (χ3v) is 4.02. The van der Waals surface area contributed by atoms with E-state index in [9.17, 15) is 0 Å². The van der Waals surface area contributed by atoms with Crippen LogP contribution in [0.2, 0.25) is 0 Å². The Labute approximate surface area is 85.3 Å². The van der Waals surface area contributed by atoms with E-state index in [0.717, 1.165) is 25.0 Å². The van der Waals surface area contributed by atoms with E-state index in [1.165, 1.54) is 19.3 Å². The molecular formula is C12H18O2. The van der Waals surface area contributed by atoms with Crippen LogP contribution in [0, 0.1) is 17.8 Å². The van der Waals surface area contributed by atoms with Crippen LogP contribution in [0.4, 0.5) is 0 Å². The van der Waals surface area contributed by atoms with Gasteiger partial charge in [0.05, 0.1) is 25.4 Å². The summed E-state index contributed by atoms with van der Waals surface area (Å²) in [5.41, 5.74) is 0. The number of hydrogen-bond acceptors (Lipinski definition) is 2. The van der Waals surface area contributed by atoms with Gasteiger partial charge in [-0.05, 0) is 37.0 Å². The minimum atomic E-state index is 0.541. The first-order chi connectivity index (χ1) is 6.88. The average Bonchev–Trinajstić information content (AvgIpc) is 3.05. The lowest BCUT2D eigenvalue weighted by atomic mass is 9.72. The van der Waals surface area contributed by atoms with E-state index in [4.69, 9.17) is 9.47 Å². The molecule has 3 fully saturated rings. The van der Waals surface area contributed by atoms with Crippen molar-refractivity contribution >= 4 is 0 Å². The molecule has 2 aliphatic heterocycles. The highest BCUT2D eigenvalue weighted by Crippen LogP contribution is 2.44. The molecule has 0 aromatic heterocycles. The summed E-state index contributed by atoms with van der Waals surface area (Å²) < 4.78 is 10.8. The van der Waals surface area contributed by atoms with Gasteiger partial charge in [0.2, 0.25) is 0 Å². The van der Waals surface area contributed by atoms with Gasteiger partial charge in [0, 0.05) is 0 Å². The van der Waals surface area contributed by atoms with Crippen LogP contribution >= 0.6 is 0 Å². The highest BCUT2D eigenvalue weighted by Gasteiger charge is 2.44. The number of rotatable bonds is 3. The summed E-state index contributed by atoms with van der Waals surface area (Å²) in [6.45, 7) is 5.92. The average molecular weight is 194 g/mol. The molecule has 0 N–H and O–H groups in total. The van der Waals surface area contributed by atoms with Gasteiger partial charge in [0.15, 0.2) is 0 Å². The lowest BCUT2D eigenvalue weighted by Gasteiger charge is -2.33. The molecule has 1 saturated carbocycles. The molecule has 0 amide bonds. The fourth-order valence-electron chi connectivity index (χ4n) is 2.95. The van der Waals surface area contributed by atoms with Crippen molar-refractivity contribution in [3.63, 3.8) is 0 Å². The van der Waals surface area contributed by atoms with Crippen LogP contribution in [0.5, 0.6) is 0 Å². The molecule has 2 nitrogen and oxygen atoms in total. The van der Waals surface area contributed by atoms with E-state index < -0.39 is 0 Å². The third kappa shape index (κ3) is 1.61. The lowest BCUT2D eigenvalue weighted by molar-refractivity contribution is 0.149. The van der Waals surface area contributed by atoms with Crippen molar-refractivity contribution in [2.45, 2.75) is 31.5 Å². The zero-order valence-electron chi connectivity index (χ0n) is 8.52. The highest BCUT2D eigenvalue weighted by atomic mass is 16.6. The standard InChI is InChI=1S/C12H18O2/c1-2-8-3-4-9(11-6-13-11)5-10(8)12-7-14-12/h2,8-12H,1,3-7H2. The molecular weight excluding hydrogens is 176 g/mol. The number of ether oxygens (including phenoxy) is 2. The first-order valence-corrected chi connectivity index (χ1v) is 5.74. The minimum Gasteiger partial charge on any atom is -0.373 e. The van der Waals surface area contributed by atoms with Gasteiger partial charge in [-0.1, -0.05) is 6.08 Å². The Morgan fingerprint density at radius 1 is 1.07 bits per heavy atom. The Morgan fingerprint density at radius 3 is 2.36 bits per heavy atom. The zero-order valence-corrected chi connectivity index (χ0v) is 8.52. The van der Waals surface area contributed by atoms with E-state index in [1.807, 2.05) is 0 Å². The Balaban J connectivity index is 1.66. The van der Waals surface area contributed by atoms with Gasteiger partial charge in [0.1, 0.15) is 0 Å². The van der Waals surface area contributed by atoms with Gasteiger partial charge in [-0.2, -0.15) is 0 Å². The summed E-state index contributed by atoms with van der Waals surface area (Å²) in [6, 6.07) is 0. The van der Waals surface area contributed by atoms with Crippen molar-refractivity contribution < 1.29 is 9.47 Å². The molecule has 0 aromatic carbocycles. The van der Waals surface area contributed by atoms with Crippen LogP contribution in [0.3, 0.4) is 0 Å². The maximum Gasteiger partial charge on any atom is 0.0843 e. The van der Waals surface area contributed by atoms with E-state index in [-0.39, 0.29) is 0 Å². The van der Waals surface area contributed by atoms with E-state index in [1.54, 1.807) is 0 Å². The summed E-state index contributed by atoms with van der Waals surface area (Å²) in [5.74, 6) is 2.23. The van der Waals surface area contributed by atoms with Crippen LogP contribution in [-0.4, -0.2) is 25.4 Å². The molecule has 1 aliphatic carbocycles. The van der Waals surface area contributed by atoms with Crippen LogP contribution in [0.25, 0.3) is 0 Å². The minimum absolute atomic E-state index is 0.541. The molecule has 3 aliphatic rings. The Bertz CT molecular complexity index is 230. The molecule has 0 radical (unpaired) electrons. The van der Waals surface area contributed by atoms with Gasteiger partial charge in [-0.3, -0.25) is 0 Å². The predicted octanol–water partition coefficient (Wildman–Crippen LogP) is 2.00. The van der Waals surface area contributed by atoms with Crippen molar-refractivity contribution in [3.8, 4) is 0 Å². The quantitative estimate of drug-likeness (QED) is 0.507. The Kier molecular flexibility index (Phi) is 2.14. The van der Waals surface area contributed by atoms with Gasteiger partial charge in [-0.15, -0.1) is 6.58 Å². The van der Waals surface area contributed by atoms with E-state index in [0.29, 0.717) is 18.1 Å². The first-order valence-electron chi connectivity index (χ1n) is 5.74. The maximum absolute atomic E-state index is 5.44. The molecule has 3 rings (SSSR count). The second-order valence-electron chi connectivity index (χ2n) is 4.88. The number of epoxide rings is 2. The number of allylic oxidation sites excluding steroid dienone is 1. The van der Waals surface area contributed by atoms with Crippen molar-refractivity contribution in [2.24, 2.45) is 17.8 Å². The van der Waals surface area contributed by atoms with Gasteiger partial charge < -0.3 is 9.47 Å². The van der Waals surface area contributed by atoms with Crippen molar-refractivity contribution in [2.75, 3.05) is 13.2 Å². The van der Waals surface area contributed by atoms with Gasteiger partial charge in [0.25, 0.3) is 0 Å². The summed E-state index contributed by atoms with van der Waals surface area (Å²) in [4.78, 5) is 0.